The molecule has 26 heavy (non-hydrogen) atoms. The normalized spacial score (nSPS) is 20.2. The number of Topliss-reactive ketones (excluding diaryl/α,β-unsaturated/α-hetero) is 1. The van der Waals surface area contributed by atoms with Gasteiger partial charge in [0, 0.05) is 23.5 Å². The van der Waals surface area contributed by atoms with Gasteiger partial charge in [-0.15, -0.1) is 10.2 Å². The molecule has 2 aromatic heterocycles. The highest BCUT2D eigenvalue weighted by molar-refractivity contribution is 6.29. The summed E-state index contributed by atoms with van der Waals surface area (Å²) in [4.78, 5) is 12.4. The fraction of sp³-hybridized carbons (Fsp3) is 0.400. The van der Waals surface area contributed by atoms with E-state index >= 15 is 0 Å². The highest BCUT2D eigenvalue weighted by Gasteiger charge is 2.32. The first-order valence-corrected chi connectivity index (χ1v) is 9.52. The number of carbonyl (C=O) groups is 1. The van der Waals surface area contributed by atoms with Crippen LogP contribution in [-0.4, -0.2) is 25.6 Å². The van der Waals surface area contributed by atoms with Crippen molar-refractivity contribution in [2.75, 3.05) is 0 Å². The second-order valence-corrected chi connectivity index (χ2v) is 7.47. The van der Waals surface area contributed by atoms with Crippen molar-refractivity contribution in [3.05, 3.63) is 47.1 Å². The van der Waals surface area contributed by atoms with Gasteiger partial charge in [0.25, 0.3) is 0 Å². The number of carbonyl (C=O) groups excluding carboxylic acids is 1. The Balaban J connectivity index is 1.68. The number of rotatable bonds is 5. The molecule has 0 bridgehead atoms. The van der Waals surface area contributed by atoms with Gasteiger partial charge in [0.2, 0.25) is 0 Å². The SMILES string of the molecule is CCCC1CC(=O)C(Cc2cc(Cl)nn3c(-c4ccccc4)nnc23)C1. The van der Waals surface area contributed by atoms with Crippen LogP contribution in [0.15, 0.2) is 36.4 Å². The van der Waals surface area contributed by atoms with E-state index in [1.807, 2.05) is 36.4 Å². The van der Waals surface area contributed by atoms with Crippen LogP contribution in [0.4, 0.5) is 0 Å². The van der Waals surface area contributed by atoms with E-state index in [-0.39, 0.29) is 5.92 Å². The van der Waals surface area contributed by atoms with Gasteiger partial charge in [-0.05, 0) is 24.8 Å². The first-order chi connectivity index (χ1) is 12.7. The summed E-state index contributed by atoms with van der Waals surface area (Å²) in [6.45, 7) is 2.17. The van der Waals surface area contributed by atoms with Crippen LogP contribution in [0.3, 0.4) is 0 Å². The van der Waals surface area contributed by atoms with Crippen molar-refractivity contribution in [3.63, 3.8) is 0 Å². The number of fused-ring (bicyclic) bond motifs is 1. The maximum atomic E-state index is 12.4. The van der Waals surface area contributed by atoms with Gasteiger partial charge in [0.1, 0.15) is 5.78 Å². The number of nitrogens with zero attached hydrogens (tertiary/aromatic N) is 4. The Hall–Kier alpha value is -2.27. The molecule has 134 valence electrons. The molecule has 0 N–H and O–H groups in total. The second-order valence-electron chi connectivity index (χ2n) is 7.08. The van der Waals surface area contributed by atoms with Crippen molar-refractivity contribution in [2.24, 2.45) is 11.8 Å². The second kappa shape index (κ2) is 7.16. The zero-order chi connectivity index (χ0) is 18.1. The van der Waals surface area contributed by atoms with Gasteiger partial charge in [-0.25, -0.2) is 0 Å². The molecule has 0 amide bonds. The minimum Gasteiger partial charge on any atom is -0.299 e. The van der Waals surface area contributed by atoms with Crippen molar-refractivity contribution >= 4 is 23.0 Å². The maximum Gasteiger partial charge on any atom is 0.185 e. The number of hydrogen-bond donors (Lipinski definition) is 0. The van der Waals surface area contributed by atoms with Crippen LogP contribution >= 0.6 is 11.6 Å². The Morgan fingerprint density at radius 1 is 1.23 bits per heavy atom. The first kappa shape index (κ1) is 17.2. The van der Waals surface area contributed by atoms with Gasteiger partial charge >= 0.3 is 0 Å². The summed E-state index contributed by atoms with van der Waals surface area (Å²) in [5.41, 5.74) is 2.55. The summed E-state index contributed by atoms with van der Waals surface area (Å²) in [7, 11) is 0. The molecule has 1 aliphatic carbocycles. The minimum absolute atomic E-state index is 0.0469. The van der Waals surface area contributed by atoms with Crippen LogP contribution in [0.2, 0.25) is 5.15 Å². The molecule has 6 heteroatoms. The molecular weight excluding hydrogens is 348 g/mol. The topological polar surface area (TPSA) is 60.2 Å². The number of ketones is 1. The Bertz CT molecular complexity index is 938. The van der Waals surface area contributed by atoms with Gasteiger partial charge in [-0.1, -0.05) is 61.7 Å². The molecule has 5 nitrogen and oxygen atoms in total. The van der Waals surface area contributed by atoms with Crippen LogP contribution in [-0.2, 0) is 11.2 Å². The molecule has 1 aromatic carbocycles. The fourth-order valence-electron chi connectivity index (χ4n) is 3.98. The van der Waals surface area contributed by atoms with Crippen LogP contribution in [0, 0.1) is 11.8 Å². The van der Waals surface area contributed by atoms with E-state index in [9.17, 15) is 4.79 Å². The van der Waals surface area contributed by atoms with E-state index < -0.39 is 0 Å². The largest absolute Gasteiger partial charge is 0.299 e. The number of benzene rings is 1. The first-order valence-electron chi connectivity index (χ1n) is 9.14. The number of hydrogen-bond acceptors (Lipinski definition) is 4. The molecule has 0 saturated heterocycles. The predicted molar refractivity (Wildman–Crippen MR) is 101 cm³/mol. The molecule has 4 rings (SSSR count). The molecule has 0 radical (unpaired) electrons. The zero-order valence-corrected chi connectivity index (χ0v) is 15.5. The average Bonchev–Trinajstić information content (AvgIpc) is 3.20. The fourth-order valence-corrected chi connectivity index (χ4v) is 4.19. The van der Waals surface area contributed by atoms with E-state index in [4.69, 9.17) is 11.6 Å². The van der Waals surface area contributed by atoms with E-state index in [0.29, 0.717) is 41.2 Å². The van der Waals surface area contributed by atoms with Crippen molar-refractivity contribution in [1.82, 2.24) is 19.8 Å². The highest BCUT2D eigenvalue weighted by atomic mass is 35.5. The van der Waals surface area contributed by atoms with E-state index in [1.54, 1.807) is 4.52 Å². The summed E-state index contributed by atoms with van der Waals surface area (Å²) in [6, 6.07) is 11.6. The molecule has 1 saturated carbocycles. The van der Waals surface area contributed by atoms with E-state index in [0.717, 1.165) is 30.4 Å². The smallest absolute Gasteiger partial charge is 0.185 e. The Morgan fingerprint density at radius 3 is 2.81 bits per heavy atom. The lowest BCUT2D eigenvalue weighted by Gasteiger charge is -2.10. The van der Waals surface area contributed by atoms with Gasteiger partial charge < -0.3 is 0 Å². The van der Waals surface area contributed by atoms with Gasteiger partial charge in [-0.2, -0.15) is 9.61 Å². The van der Waals surface area contributed by atoms with Crippen LogP contribution in [0.1, 0.15) is 38.2 Å². The molecular formula is C20H21ClN4O. The van der Waals surface area contributed by atoms with E-state index in [2.05, 4.69) is 22.2 Å². The molecule has 1 fully saturated rings. The standard InChI is InChI=1S/C20H21ClN4O/c1-2-6-13-9-15(17(26)10-13)11-16-12-18(21)24-25-19(22-23-20(16)25)14-7-4-3-5-8-14/h3-5,7-8,12-13,15H,2,6,9-11H2,1H3. The van der Waals surface area contributed by atoms with Crippen LogP contribution < -0.4 is 0 Å². The Labute approximate surface area is 157 Å². The molecule has 2 heterocycles. The lowest BCUT2D eigenvalue weighted by molar-refractivity contribution is -0.120. The average molecular weight is 369 g/mol. The van der Waals surface area contributed by atoms with Crippen molar-refractivity contribution in [3.8, 4) is 11.4 Å². The quantitative estimate of drug-likeness (QED) is 0.670. The lowest BCUT2D eigenvalue weighted by Crippen LogP contribution is -2.11. The highest BCUT2D eigenvalue weighted by Crippen LogP contribution is 2.34. The van der Waals surface area contributed by atoms with E-state index in [1.165, 1.54) is 0 Å². The van der Waals surface area contributed by atoms with Gasteiger partial charge in [-0.3, -0.25) is 4.79 Å². The molecule has 2 unspecified atom stereocenters. The molecule has 2 atom stereocenters. The van der Waals surface area contributed by atoms with Gasteiger partial charge in [0.05, 0.1) is 0 Å². The third-order valence-electron chi connectivity index (χ3n) is 5.18. The van der Waals surface area contributed by atoms with Crippen molar-refractivity contribution < 1.29 is 4.79 Å². The summed E-state index contributed by atoms with van der Waals surface area (Å²) in [5, 5.41) is 13.4. The third kappa shape index (κ3) is 3.23. The summed E-state index contributed by atoms with van der Waals surface area (Å²) >= 11 is 6.27. The van der Waals surface area contributed by atoms with Crippen molar-refractivity contribution in [1.29, 1.82) is 0 Å². The lowest BCUT2D eigenvalue weighted by atomic mass is 9.95. The summed E-state index contributed by atoms with van der Waals surface area (Å²) in [6.07, 6.45) is 4.56. The zero-order valence-electron chi connectivity index (χ0n) is 14.7. The molecule has 1 aliphatic rings. The predicted octanol–water partition coefficient (Wildman–Crippen LogP) is 4.38. The summed E-state index contributed by atoms with van der Waals surface area (Å²) in [5.74, 6) is 1.58. The summed E-state index contributed by atoms with van der Waals surface area (Å²) < 4.78 is 1.69. The number of halogens is 1. The Kier molecular flexibility index (Phi) is 4.72. The van der Waals surface area contributed by atoms with Gasteiger partial charge in [0.15, 0.2) is 16.6 Å². The maximum absolute atomic E-state index is 12.4. The number of aromatic nitrogens is 4. The monoisotopic (exact) mass is 368 g/mol. The minimum atomic E-state index is 0.0469. The van der Waals surface area contributed by atoms with Crippen molar-refractivity contribution in [2.45, 2.75) is 39.0 Å². The molecule has 0 aliphatic heterocycles. The van der Waals surface area contributed by atoms with Crippen LogP contribution in [0.25, 0.3) is 17.0 Å². The van der Waals surface area contributed by atoms with Crippen LogP contribution in [0.5, 0.6) is 0 Å². The molecule has 0 spiro atoms. The molecule has 3 aromatic rings. The third-order valence-corrected chi connectivity index (χ3v) is 5.36. The Morgan fingerprint density at radius 2 is 2.04 bits per heavy atom.